The number of carboxylic acid groups (broad SMARTS) is 1. The highest BCUT2D eigenvalue weighted by Crippen LogP contribution is 2.27. The first-order valence-corrected chi connectivity index (χ1v) is 4.99. The molecule has 0 unspecified atom stereocenters. The number of aliphatic carboxylic acids is 1. The molecule has 5 heteroatoms. The summed E-state index contributed by atoms with van der Waals surface area (Å²) >= 11 is 0. The summed E-state index contributed by atoms with van der Waals surface area (Å²) in [4.78, 5) is 22.5. The van der Waals surface area contributed by atoms with E-state index in [9.17, 15) is 9.59 Å². The van der Waals surface area contributed by atoms with Crippen LogP contribution in [-0.2, 0) is 9.59 Å². The number of carboxylic acids is 1. The highest BCUT2D eigenvalue weighted by atomic mass is 16.4. The number of nitrogens with one attached hydrogen (secondary N) is 2. The van der Waals surface area contributed by atoms with Gasteiger partial charge >= 0.3 is 5.97 Å². The Labute approximate surface area is 92.5 Å². The second-order valence-electron chi connectivity index (χ2n) is 3.78. The van der Waals surface area contributed by atoms with E-state index in [4.69, 9.17) is 5.11 Å². The van der Waals surface area contributed by atoms with Gasteiger partial charge in [0.15, 0.2) is 0 Å². The monoisotopic (exact) mass is 220 g/mol. The summed E-state index contributed by atoms with van der Waals surface area (Å²) in [5.74, 6) is -2.08. The van der Waals surface area contributed by atoms with E-state index in [1.165, 1.54) is 6.92 Å². The smallest absolute Gasteiger partial charge is 0.308 e. The van der Waals surface area contributed by atoms with Gasteiger partial charge in [-0.1, -0.05) is 12.1 Å². The Hall–Kier alpha value is -2.04. The number of carbonyl (C=O) groups excluding carboxylic acids is 1. The fourth-order valence-corrected chi connectivity index (χ4v) is 1.66. The minimum absolute atomic E-state index is 0.311. The van der Waals surface area contributed by atoms with Crippen LogP contribution in [0.1, 0.15) is 6.92 Å². The Bertz CT molecular complexity index is 445. The first-order valence-electron chi connectivity index (χ1n) is 4.99. The van der Waals surface area contributed by atoms with Crippen molar-refractivity contribution >= 4 is 23.3 Å². The van der Waals surface area contributed by atoms with Crippen molar-refractivity contribution in [3.05, 3.63) is 24.3 Å². The molecular formula is C11H12N2O3. The lowest BCUT2D eigenvalue weighted by atomic mass is 9.98. The minimum atomic E-state index is -0.993. The maximum Gasteiger partial charge on any atom is 0.308 e. The Morgan fingerprint density at radius 3 is 2.62 bits per heavy atom. The Kier molecular flexibility index (Phi) is 2.52. The average Bonchev–Trinajstić information content (AvgIpc) is 2.27. The van der Waals surface area contributed by atoms with Crippen LogP contribution in [0.5, 0.6) is 0 Å². The molecule has 1 aromatic rings. The van der Waals surface area contributed by atoms with Crippen molar-refractivity contribution in [2.24, 2.45) is 5.92 Å². The maximum atomic E-state index is 11.7. The summed E-state index contributed by atoms with van der Waals surface area (Å²) in [5, 5.41) is 14.5. The molecule has 2 atom stereocenters. The Morgan fingerprint density at radius 1 is 1.38 bits per heavy atom. The molecule has 0 aliphatic carbocycles. The number of rotatable bonds is 2. The number of benzene rings is 1. The third-order valence-corrected chi connectivity index (χ3v) is 2.67. The number of fused-ring (bicyclic) bond motifs is 1. The van der Waals surface area contributed by atoms with Crippen LogP contribution in [0.4, 0.5) is 11.4 Å². The normalized spacial score (nSPS) is 20.3. The van der Waals surface area contributed by atoms with E-state index in [2.05, 4.69) is 10.6 Å². The van der Waals surface area contributed by atoms with Crippen molar-refractivity contribution < 1.29 is 14.7 Å². The Balaban J connectivity index is 2.28. The van der Waals surface area contributed by atoms with Gasteiger partial charge in [0.25, 0.3) is 0 Å². The predicted octanol–water partition coefficient (Wildman–Crippen LogP) is 1.14. The van der Waals surface area contributed by atoms with Gasteiger partial charge in [0, 0.05) is 0 Å². The van der Waals surface area contributed by atoms with Gasteiger partial charge < -0.3 is 15.7 Å². The molecule has 0 saturated carbocycles. The third-order valence-electron chi connectivity index (χ3n) is 2.67. The zero-order chi connectivity index (χ0) is 11.7. The molecule has 1 heterocycles. The van der Waals surface area contributed by atoms with Crippen LogP contribution in [0.3, 0.4) is 0 Å². The van der Waals surface area contributed by atoms with E-state index >= 15 is 0 Å². The molecule has 84 valence electrons. The van der Waals surface area contributed by atoms with Gasteiger partial charge in [-0.2, -0.15) is 0 Å². The summed E-state index contributed by atoms with van der Waals surface area (Å²) in [5.41, 5.74) is 1.43. The van der Waals surface area contributed by atoms with E-state index in [1.54, 1.807) is 12.1 Å². The van der Waals surface area contributed by atoms with Crippen molar-refractivity contribution in [3.8, 4) is 0 Å². The molecule has 0 fully saturated rings. The summed E-state index contributed by atoms with van der Waals surface area (Å²) in [6.45, 7) is 1.51. The van der Waals surface area contributed by atoms with Crippen LogP contribution in [-0.4, -0.2) is 23.0 Å². The van der Waals surface area contributed by atoms with E-state index < -0.39 is 17.9 Å². The fourth-order valence-electron chi connectivity index (χ4n) is 1.66. The molecule has 0 aromatic heterocycles. The number of carbonyl (C=O) groups is 2. The molecule has 0 saturated heterocycles. The summed E-state index contributed by atoms with van der Waals surface area (Å²) in [6, 6.07) is 6.47. The van der Waals surface area contributed by atoms with Crippen molar-refractivity contribution in [2.75, 3.05) is 10.6 Å². The lowest BCUT2D eigenvalue weighted by Crippen LogP contribution is -2.45. The van der Waals surface area contributed by atoms with Gasteiger partial charge in [-0.15, -0.1) is 0 Å². The lowest BCUT2D eigenvalue weighted by Gasteiger charge is -2.28. The molecule has 0 bridgehead atoms. The number of hydrogen-bond donors (Lipinski definition) is 3. The van der Waals surface area contributed by atoms with E-state index in [0.29, 0.717) is 5.69 Å². The molecule has 0 spiro atoms. The maximum absolute atomic E-state index is 11.7. The molecule has 2 rings (SSSR count). The SMILES string of the molecule is C[C@@H](C(=O)O)[C@@H]1Nc2ccccc2NC1=O. The summed E-state index contributed by atoms with van der Waals surface area (Å²) in [6.07, 6.45) is 0. The van der Waals surface area contributed by atoms with Crippen LogP contribution < -0.4 is 10.6 Å². The summed E-state index contributed by atoms with van der Waals surface area (Å²) < 4.78 is 0. The zero-order valence-electron chi connectivity index (χ0n) is 8.73. The van der Waals surface area contributed by atoms with Crippen LogP contribution >= 0.6 is 0 Å². The van der Waals surface area contributed by atoms with Crippen LogP contribution in [0, 0.1) is 5.92 Å². The first-order chi connectivity index (χ1) is 7.59. The van der Waals surface area contributed by atoms with Gasteiger partial charge in [-0.05, 0) is 19.1 Å². The highest BCUT2D eigenvalue weighted by Gasteiger charge is 2.33. The molecule has 1 aliphatic rings. The topological polar surface area (TPSA) is 78.4 Å². The number of hydrogen-bond acceptors (Lipinski definition) is 3. The standard InChI is InChI=1S/C11H12N2O3/c1-6(11(15)16)9-10(14)13-8-5-3-2-4-7(8)12-9/h2-6,9,12H,1H3,(H,13,14)(H,15,16)/t6-,9+/m1/s1. The third kappa shape index (κ3) is 1.71. The van der Waals surface area contributed by atoms with Crippen LogP contribution in [0.2, 0.25) is 0 Å². The predicted molar refractivity (Wildman–Crippen MR) is 59.3 cm³/mol. The fraction of sp³-hybridized carbons (Fsp3) is 0.273. The average molecular weight is 220 g/mol. The number of para-hydroxylation sites is 2. The molecule has 1 amide bonds. The van der Waals surface area contributed by atoms with Gasteiger partial charge in [0.2, 0.25) is 5.91 Å². The highest BCUT2D eigenvalue weighted by molar-refractivity contribution is 6.04. The second-order valence-corrected chi connectivity index (χ2v) is 3.78. The molecule has 5 nitrogen and oxygen atoms in total. The lowest BCUT2D eigenvalue weighted by molar-refractivity contribution is -0.143. The molecule has 3 N–H and O–H groups in total. The van der Waals surface area contributed by atoms with Gasteiger partial charge in [-0.25, -0.2) is 0 Å². The largest absolute Gasteiger partial charge is 0.481 e. The van der Waals surface area contributed by atoms with E-state index in [-0.39, 0.29) is 5.91 Å². The second kappa shape index (κ2) is 3.84. The Morgan fingerprint density at radius 2 is 2.00 bits per heavy atom. The molecule has 16 heavy (non-hydrogen) atoms. The van der Waals surface area contributed by atoms with Gasteiger partial charge in [-0.3, -0.25) is 9.59 Å². The van der Waals surface area contributed by atoms with Crippen molar-refractivity contribution in [2.45, 2.75) is 13.0 Å². The minimum Gasteiger partial charge on any atom is -0.481 e. The van der Waals surface area contributed by atoms with E-state index in [0.717, 1.165) is 5.69 Å². The summed E-state index contributed by atoms with van der Waals surface area (Å²) in [7, 11) is 0. The van der Waals surface area contributed by atoms with Crippen LogP contribution in [0.25, 0.3) is 0 Å². The zero-order valence-corrected chi connectivity index (χ0v) is 8.73. The first kappa shape index (κ1) is 10.5. The van der Waals surface area contributed by atoms with Crippen molar-refractivity contribution in [1.29, 1.82) is 0 Å². The molecule has 0 radical (unpaired) electrons. The van der Waals surface area contributed by atoms with Crippen molar-refractivity contribution in [3.63, 3.8) is 0 Å². The van der Waals surface area contributed by atoms with Crippen molar-refractivity contribution in [1.82, 2.24) is 0 Å². The van der Waals surface area contributed by atoms with Gasteiger partial charge in [0.05, 0.1) is 17.3 Å². The number of amides is 1. The van der Waals surface area contributed by atoms with Crippen LogP contribution in [0.15, 0.2) is 24.3 Å². The number of anilines is 2. The molecule has 1 aliphatic heterocycles. The van der Waals surface area contributed by atoms with E-state index in [1.807, 2.05) is 12.1 Å². The molecule has 1 aromatic carbocycles. The van der Waals surface area contributed by atoms with Gasteiger partial charge in [0.1, 0.15) is 6.04 Å². The quantitative estimate of drug-likeness (QED) is 0.698. The molecular weight excluding hydrogens is 208 g/mol.